The van der Waals surface area contributed by atoms with E-state index in [1.54, 1.807) is 58.2 Å². The molecule has 0 fully saturated rings. The molecule has 1 heterocycles. The van der Waals surface area contributed by atoms with E-state index < -0.39 is 11.7 Å². The molecule has 0 radical (unpaired) electrons. The molecule has 0 aromatic heterocycles. The number of carbonyl (C=O) groups excluding carboxylic acids is 2. The Balaban J connectivity index is 1.69. The number of aryl methyl sites for hydroxylation is 1. The number of nitrogens with one attached hydrogen (secondary N) is 1. The summed E-state index contributed by atoms with van der Waals surface area (Å²) in [6.45, 7) is 5.27. The number of carbonyl (C=O) groups is 2. The van der Waals surface area contributed by atoms with Crippen molar-refractivity contribution in [1.29, 1.82) is 0 Å². The lowest BCUT2D eigenvalue weighted by Gasteiger charge is -2.30. The van der Waals surface area contributed by atoms with Gasteiger partial charge in [0.15, 0.2) is 6.10 Å². The van der Waals surface area contributed by atoms with Crippen molar-refractivity contribution in [1.82, 2.24) is 0 Å². The van der Waals surface area contributed by atoms with Crippen LogP contribution in [0.15, 0.2) is 42.5 Å². The number of anilines is 2. The highest BCUT2D eigenvalue weighted by Crippen LogP contribution is 2.35. The van der Waals surface area contributed by atoms with Gasteiger partial charge in [0.1, 0.15) is 5.75 Å². The number of fused-ring (bicyclic) bond motifs is 1. The SMILES string of the molecule is CC1Oc2ccc(NC(=O)c3ccc(CCC(C)(C)O)cc3)cc2N(C)C1=O. The quantitative estimate of drug-likeness (QED) is 0.831. The van der Waals surface area contributed by atoms with Crippen molar-refractivity contribution in [3.63, 3.8) is 0 Å². The lowest BCUT2D eigenvalue weighted by atomic mass is 9.98. The van der Waals surface area contributed by atoms with Gasteiger partial charge in [0.25, 0.3) is 11.8 Å². The normalized spacial score (nSPS) is 16.4. The van der Waals surface area contributed by atoms with Crippen molar-refractivity contribution in [2.45, 2.75) is 45.3 Å². The first-order chi connectivity index (χ1) is 13.1. The van der Waals surface area contributed by atoms with Crippen LogP contribution in [0.4, 0.5) is 11.4 Å². The minimum atomic E-state index is -0.710. The smallest absolute Gasteiger partial charge is 0.267 e. The number of rotatable bonds is 5. The van der Waals surface area contributed by atoms with Crippen LogP contribution in [-0.4, -0.2) is 35.7 Å². The molecule has 0 saturated carbocycles. The summed E-state index contributed by atoms with van der Waals surface area (Å²) < 4.78 is 5.60. The maximum Gasteiger partial charge on any atom is 0.267 e. The molecule has 0 aliphatic carbocycles. The number of hydrogen-bond acceptors (Lipinski definition) is 4. The predicted octanol–water partition coefficient (Wildman–Crippen LogP) is 3.39. The van der Waals surface area contributed by atoms with E-state index in [9.17, 15) is 14.7 Å². The van der Waals surface area contributed by atoms with Crippen molar-refractivity contribution < 1.29 is 19.4 Å². The molecular formula is C22H26N2O4. The average Bonchev–Trinajstić information content (AvgIpc) is 2.65. The van der Waals surface area contributed by atoms with Crippen molar-refractivity contribution >= 4 is 23.2 Å². The zero-order chi connectivity index (χ0) is 20.5. The van der Waals surface area contributed by atoms with Gasteiger partial charge in [0, 0.05) is 18.3 Å². The van der Waals surface area contributed by atoms with E-state index in [0.29, 0.717) is 29.1 Å². The van der Waals surface area contributed by atoms with Crippen LogP contribution in [0.2, 0.25) is 0 Å². The number of amides is 2. The van der Waals surface area contributed by atoms with Crippen molar-refractivity contribution in [2.75, 3.05) is 17.3 Å². The third-order valence-electron chi connectivity index (χ3n) is 4.80. The topological polar surface area (TPSA) is 78.9 Å². The Labute approximate surface area is 165 Å². The maximum absolute atomic E-state index is 12.5. The fraction of sp³-hybridized carbons (Fsp3) is 0.364. The summed E-state index contributed by atoms with van der Waals surface area (Å²) in [4.78, 5) is 26.2. The Morgan fingerprint density at radius 1 is 1.21 bits per heavy atom. The Morgan fingerprint density at radius 2 is 1.89 bits per heavy atom. The van der Waals surface area contributed by atoms with Crippen LogP contribution in [0.3, 0.4) is 0 Å². The van der Waals surface area contributed by atoms with Gasteiger partial charge >= 0.3 is 0 Å². The summed E-state index contributed by atoms with van der Waals surface area (Å²) in [6.07, 6.45) is 0.878. The van der Waals surface area contributed by atoms with Gasteiger partial charge < -0.3 is 20.1 Å². The van der Waals surface area contributed by atoms with Gasteiger partial charge in [-0.25, -0.2) is 0 Å². The molecule has 0 bridgehead atoms. The standard InChI is InChI=1S/C22H26N2O4/c1-14-21(26)24(4)18-13-17(9-10-19(18)28-14)23-20(25)16-7-5-15(6-8-16)11-12-22(2,3)27/h5-10,13-14,27H,11-12H2,1-4H3,(H,23,25). The largest absolute Gasteiger partial charge is 0.479 e. The maximum atomic E-state index is 12.5. The monoisotopic (exact) mass is 382 g/mol. The van der Waals surface area contributed by atoms with E-state index in [1.165, 1.54) is 4.90 Å². The van der Waals surface area contributed by atoms with Crippen LogP contribution in [-0.2, 0) is 11.2 Å². The molecule has 6 nitrogen and oxygen atoms in total. The van der Waals surface area contributed by atoms with Crippen molar-refractivity contribution in [2.24, 2.45) is 0 Å². The molecule has 1 aliphatic rings. The first-order valence-electron chi connectivity index (χ1n) is 9.35. The Kier molecular flexibility index (Phi) is 5.42. The summed E-state index contributed by atoms with van der Waals surface area (Å²) in [7, 11) is 1.69. The third-order valence-corrected chi connectivity index (χ3v) is 4.80. The zero-order valence-corrected chi connectivity index (χ0v) is 16.7. The number of hydrogen-bond donors (Lipinski definition) is 2. The van der Waals surface area contributed by atoms with Crippen molar-refractivity contribution in [3.05, 3.63) is 53.6 Å². The zero-order valence-electron chi connectivity index (χ0n) is 16.7. The molecule has 0 saturated heterocycles. The molecule has 0 spiro atoms. The van der Waals surface area contributed by atoms with Gasteiger partial charge in [-0.05, 0) is 69.5 Å². The molecule has 28 heavy (non-hydrogen) atoms. The lowest BCUT2D eigenvalue weighted by Crippen LogP contribution is -2.41. The second kappa shape index (κ2) is 7.64. The van der Waals surface area contributed by atoms with E-state index in [-0.39, 0.29) is 11.8 Å². The number of ether oxygens (including phenoxy) is 1. The van der Waals surface area contributed by atoms with Crippen LogP contribution in [0.25, 0.3) is 0 Å². The van der Waals surface area contributed by atoms with E-state index >= 15 is 0 Å². The second-order valence-electron chi connectivity index (χ2n) is 7.80. The minimum Gasteiger partial charge on any atom is -0.479 e. The van der Waals surface area contributed by atoms with Crippen LogP contribution in [0.1, 0.15) is 43.1 Å². The molecule has 3 rings (SSSR count). The molecule has 2 aromatic carbocycles. The summed E-state index contributed by atoms with van der Waals surface area (Å²) in [5, 5.41) is 12.7. The third kappa shape index (κ3) is 4.51. The molecule has 148 valence electrons. The molecule has 2 N–H and O–H groups in total. The van der Waals surface area contributed by atoms with Crippen LogP contribution in [0, 0.1) is 0 Å². The van der Waals surface area contributed by atoms with E-state index in [2.05, 4.69) is 5.32 Å². The van der Waals surface area contributed by atoms with Gasteiger partial charge in [0.05, 0.1) is 11.3 Å². The number of nitrogens with zero attached hydrogens (tertiary/aromatic N) is 1. The summed E-state index contributed by atoms with van der Waals surface area (Å²) in [5.41, 5.74) is 2.12. The molecule has 1 unspecified atom stereocenters. The highest BCUT2D eigenvalue weighted by molar-refractivity contribution is 6.05. The molecule has 1 aliphatic heterocycles. The second-order valence-corrected chi connectivity index (χ2v) is 7.80. The Morgan fingerprint density at radius 3 is 2.54 bits per heavy atom. The summed E-state index contributed by atoms with van der Waals surface area (Å²) in [5.74, 6) is 0.259. The van der Waals surface area contributed by atoms with Crippen LogP contribution in [0.5, 0.6) is 5.75 Å². The Bertz CT molecular complexity index is 884. The highest BCUT2D eigenvalue weighted by atomic mass is 16.5. The summed E-state index contributed by atoms with van der Waals surface area (Å²) in [6, 6.07) is 12.6. The van der Waals surface area contributed by atoms with Gasteiger partial charge in [0.2, 0.25) is 0 Å². The average molecular weight is 382 g/mol. The molecule has 2 aromatic rings. The molecule has 2 amide bonds. The summed E-state index contributed by atoms with van der Waals surface area (Å²) >= 11 is 0. The number of aliphatic hydroxyl groups is 1. The molecule has 6 heteroatoms. The first kappa shape index (κ1) is 19.9. The molecular weight excluding hydrogens is 356 g/mol. The van der Waals surface area contributed by atoms with E-state index in [4.69, 9.17) is 4.74 Å². The number of likely N-dealkylation sites (N-methyl/N-ethyl adjacent to an activating group) is 1. The van der Waals surface area contributed by atoms with E-state index in [1.807, 2.05) is 12.1 Å². The first-order valence-corrected chi connectivity index (χ1v) is 9.35. The minimum absolute atomic E-state index is 0.127. The van der Waals surface area contributed by atoms with Crippen LogP contribution < -0.4 is 15.0 Å². The van der Waals surface area contributed by atoms with Gasteiger partial charge in [-0.2, -0.15) is 0 Å². The Hall–Kier alpha value is -2.86. The number of benzene rings is 2. The van der Waals surface area contributed by atoms with E-state index in [0.717, 1.165) is 12.0 Å². The van der Waals surface area contributed by atoms with Crippen molar-refractivity contribution in [3.8, 4) is 5.75 Å². The molecule has 1 atom stereocenters. The fourth-order valence-corrected chi connectivity index (χ4v) is 3.07. The van der Waals surface area contributed by atoms with Gasteiger partial charge in [-0.3, -0.25) is 9.59 Å². The van der Waals surface area contributed by atoms with Gasteiger partial charge in [-0.1, -0.05) is 12.1 Å². The van der Waals surface area contributed by atoms with Crippen LogP contribution >= 0.6 is 0 Å². The predicted molar refractivity (Wildman–Crippen MR) is 109 cm³/mol. The highest BCUT2D eigenvalue weighted by Gasteiger charge is 2.29. The lowest BCUT2D eigenvalue weighted by molar-refractivity contribution is -0.125. The fourth-order valence-electron chi connectivity index (χ4n) is 3.07. The van der Waals surface area contributed by atoms with Gasteiger partial charge in [-0.15, -0.1) is 0 Å².